The zero-order chi connectivity index (χ0) is 18.0. The lowest BCUT2D eigenvalue weighted by Crippen LogP contribution is -2.21. The first-order chi connectivity index (χ1) is 11.7. The largest absolute Gasteiger partial charge is 0.380 e. The van der Waals surface area contributed by atoms with Crippen LogP contribution in [-0.2, 0) is 14.2 Å². The van der Waals surface area contributed by atoms with Gasteiger partial charge in [-0.2, -0.15) is 0 Å². The Morgan fingerprint density at radius 2 is 1.42 bits per heavy atom. The summed E-state index contributed by atoms with van der Waals surface area (Å²) in [6.07, 6.45) is 14.4. The van der Waals surface area contributed by atoms with Gasteiger partial charge in [-0.15, -0.1) is 12.6 Å². The number of ether oxygens (including phenoxy) is 3. The van der Waals surface area contributed by atoms with E-state index in [4.69, 9.17) is 14.2 Å². The lowest BCUT2D eigenvalue weighted by atomic mass is 10.1. The molecule has 140 valence electrons. The zero-order valence-electron chi connectivity index (χ0n) is 15.8. The number of thiol groups is 1. The maximum atomic E-state index is 5.91. The fourth-order valence-electron chi connectivity index (χ4n) is 2.14. The van der Waals surface area contributed by atoms with Gasteiger partial charge >= 0.3 is 0 Å². The summed E-state index contributed by atoms with van der Waals surface area (Å²) in [5, 5.41) is 0. The Kier molecular flexibility index (Phi) is 16.9. The lowest BCUT2D eigenvalue weighted by Gasteiger charge is -2.18. The molecule has 3 nitrogen and oxygen atoms in total. The van der Waals surface area contributed by atoms with Crippen molar-refractivity contribution in [1.82, 2.24) is 0 Å². The highest BCUT2D eigenvalue weighted by Gasteiger charge is 2.11. The van der Waals surface area contributed by atoms with Gasteiger partial charge in [0.05, 0.1) is 38.5 Å². The fourth-order valence-corrected chi connectivity index (χ4v) is 2.22. The maximum absolute atomic E-state index is 5.91. The normalized spacial score (nSPS) is 16.4. The summed E-state index contributed by atoms with van der Waals surface area (Å²) in [4.78, 5) is 0. The minimum absolute atomic E-state index is 0.000834. The highest BCUT2D eigenvalue weighted by atomic mass is 32.1. The Morgan fingerprint density at radius 3 is 1.96 bits per heavy atom. The van der Waals surface area contributed by atoms with E-state index in [2.05, 4.69) is 43.9 Å². The van der Waals surface area contributed by atoms with Gasteiger partial charge in [0.1, 0.15) is 0 Å². The van der Waals surface area contributed by atoms with Crippen molar-refractivity contribution in [2.75, 3.05) is 33.0 Å². The van der Waals surface area contributed by atoms with Crippen molar-refractivity contribution in [3.63, 3.8) is 0 Å². The molecule has 3 atom stereocenters. The molecule has 3 unspecified atom stereocenters. The molecule has 4 heteroatoms. The summed E-state index contributed by atoms with van der Waals surface area (Å²) in [7, 11) is 0. The third-order valence-electron chi connectivity index (χ3n) is 3.44. The first-order valence-electron chi connectivity index (χ1n) is 8.99. The molecule has 0 aliphatic rings. The van der Waals surface area contributed by atoms with Crippen LogP contribution >= 0.6 is 12.6 Å². The predicted molar refractivity (Wildman–Crippen MR) is 107 cm³/mol. The Bertz CT molecular complexity index is 353. The second kappa shape index (κ2) is 17.3. The van der Waals surface area contributed by atoms with Crippen LogP contribution in [0.2, 0.25) is 0 Å². The van der Waals surface area contributed by atoms with E-state index in [0.29, 0.717) is 32.3 Å². The number of rotatable bonds is 15. The van der Waals surface area contributed by atoms with Gasteiger partial charge < -0.3 is 14.2 Å². The van der Waals surface area contributed by atoms with Crippen LogP contribution < -0.4 is 0 Å². The van der Waals surface area contributed by atoms with Gasteiger partial charge in [-0.05, 0) is 33.6 Å². The van der Waals surface area contributed by atoms with Crippen LogP contribution in [0.1, 0.15) is 40.5 Å². The van der Waals surface area contributed by atoms with E-state index < -0.39 is 0 Å². The molecule has 0 spiro atoms. The highest BCUT2D eigenvalue weighted by Crippen LogP contribution is 2.10. The van der Waals surface area contributed by atoms with E-state index in [9.17, 15) is 0 Å². The van der Waals surface area contributed by atoms with Gasteiger partial charge in [0, 0.05) is 11.8 Å². The van der Waals surface area contributed by atoms with Crippen LogP contribution in [-0.4, -0.2) is 38.5 Å². The summed E-state index contributed by atoms with van der Waals surface area (Å²) in [6.45, 7) is 11.6. The van der Waals surface area contributed by atoms with Crippen LogP contribution in [0.25, 0.3) is 0 Å². The molecular weight excluding hydrogens is 320 g/mol. The van der Waals surface area contributed by atoms with Gasteiger partial charge in [-0.1, -0.05) is 43.4 Å². The van der Waals surface area contributed by atoms with Crippen molar-refractivity contribution in [3.05, 3.63) is 36.5 Å². The van der Waals surface area contributed by atoms with Crippen LogP contribution in [0.4, 0.5) is 0 Å². The fraction of sp³-hybridized carbons (Fsp3) is 0.700. The standard InChI is InChI=1S/C20H36O3S/c1-5-9-10-13-21-14-18(11-6-2)15-22-16-19(12-7-3)17-23-20(24)8-4/h5-7,9,11-12,18-20,24H,8,10,13-17H2,1-4H3/b9-5-,11-6-,12-7-. The van der Waals surface area contributed by atoms with E-state index in [-0.39, 0.29) is 11.4 Å². The van der Waals surface area contributed by atoms with E-state index in [1.807, 2.05) is 32.9 Å². The molecule has 24 heavy (non-hydrogen) atoms. The Morgan fingerprint density at radius 1 is 0.833 bits per heavy atom. The van der Waals surface area contributed by atoms with Crippen LogP contribution in [0, 0.1) is 11.8 Å². The van der Waals surface area contributed by atoms with Crippen LogP contribution in [0.15, 0.2) is 36.5 Å². The molecule has 0 radical (unpaired) electrons. The molecule has 0 saturated heterocycles. The minimum Gasteiger partial charge on any atom is -0.380 e. The number of allylic oxidation sites excluding steroid dienone is 3. The third-order valence-corrected chi connectivity index (χ3v) is 3.96. The second-order valence-electron chi connectivity index (χ2n) is 5.74. The first kappa shape index (κ1) is 23.4. The Balaban J connectivity index is 4.11. The first-order valence-corrected chi connectivity index (χ1v) is 9.51. The summed E-state index contributed by atoms with van der Waals surface area (Å²) >= 11 is 4.37. The van der Waals surface area contributed by atoms with E-state index >= 15 is 0 Å². The molecular formula is C20H36O3S. The van der Waals surface area contributed by atoms with Crippen molar-refractivity contribution in [2.24, 2.45) is 11.8 Å². The molecule has 0 aromatic heterocycles. The van der Waals surface area contributed by atoms with Crippen molar-refractivity contribution in [2.45, 2.75) is 46.0 Å². The maximum Gasteiger partial charge on any atom is 0.0997 e. The molecule has 0 bridgehead atoms. The monoisotopic (exact) mass is 356 g/mol. The molecule has 0 aliphatic carbocycles. The quantitative estimate of drug-likeness (QED) is 0.192. The average molecular weight is 357 g/mol. The zero-order valence-corrected chi connectivity index (χ0v) is 16.7. The van der Waals surface area contributed by atoms with Crippen molar-refractivity contribution in [1.29, 1.82) is 0 Å². The molecule has 0 N–H and O–H groups in total. The van der Waals surface area contributed by atoms with Gasteiger partial charge in [0.25, 0.3) is 0 Å². The van der Waals surface area contributed by atoms with Crippen molar-refractivity contribution in [3.8, 4) is 0 Å². The molecule has 0 rings (SSSR count). The topological polar surface area (TPSA) is 27.7 Å². The average Bonchev–Trinajstić information content (AvgIpc) is 2.59. The van der Waals surface area contributed by atoms with Gasteiger partial charge in [0.15, 0.2) is 0 Å². The third kappa shape index (κ3) is 13.8. The Labute approximate surface area is 154 Å². The smallest absolute Gasteiger partial charge is 0.0997 e. The van der Waals surface area contributed by atoms with Crippen molar-refractivity contribution >= 4 is 12.6 Å². The van der Waals surface area contributed by atoms with Gasteiger partial charge in [-0.3, -0.25) is 0 Å². The SMILES string of the molecule is C/C=C\CCOCC(/C=C\C)COCC(/C=C\C)COC(S)CC. The molecule has 0 fully saturated rings. The number of hydrogen-bond donors (Lipinski definition) is 1. The summed E-state index contributed by atoms with van der Waals surface area (Å²) in [5.74, 6) is 0.555. The summed E-state index contributed by atoms with van der Waals surface area (Å²) in [6, 6.07) is 0. The second-order valence-corrected chi connectivity index (χ2v) is 6.31. The predicted octanol–water partition coefficient (Wildman–Crippen LogP) is 5.05. The molecule has 0 aromatic carbocycles. The lowest BCUT2D eigenvalue weighted by molar-refractivity contribution is 0.0228. The van der Waals surface area contributed by atoms with E-state index in [0.717, 1.165) is 19.4 Å². The van der Waals surface area contributed by atoms with Gasteiger partial charge in [0.2, 0.25) is 0 Å². The van der Waals surface area contributed by atoms with Gasteiger partial charge in [-0.25, -0.2) is 0 Å². The van der Waals surface area contributed by atoms with Crippen LogP contribution in [0.3, 0.4) is 0 Å². The molecule has 0 saturated carbocycles. The summed E-state index contributed by atoms with van der Waals surface area (Å²) < 4.78 is 17.3. The highest BCUT2D eigenvalue weighted by molar-refractivity contribution is 7.80. The van der Waals surface area contributed by atoms with E-state index in [1.165, 1.54) is 0 Å². The molecule has 0 aliphatic heterocycles. The van der Waals surface area contributed by atoms with E-state index in [1.54, 1.807) is 0 Å². The molecule has 0 amide bonds. The molecule has 0 heterocycles. The van der Waals surface area contributed by atoms with Crippen LogP contribution in [0.5, 0.6) is 0 Å². The number of hydrogen-bond acceptors (Lipinski definition) is 4. The Hall–Kier alpha value is -0.550. The minimum atomic E-state index is -0.000834. The van der Waals surface area contributed by atoms with Crippen molar-refractivity contribution < 1.29 is 14.2 Å². The summed E-state index contributed by atoms with van der Waals surface area (Å²) in [5.41, 5.74) is -0.000834. The molecule has 0 aromatic rings.